The first kappa shape index (κ1) is 11.4. The highest BCUT2D eigenvalue weighted by Gasteiger charge is 2.22. The van der Waals surface area contributed by atoms with Crippen LogP contribution in [0.4, 0.5) is 0 Å². The third-order valence-electron chi connectivity index (χ3n) is 2.33. The second-order valence-corrected chi connectivity index (χ2v) is 3.70. The van der Waals surface area contributed by atoms with E-state index in [0.29, 0.717) is 5.92 Å². The van der Waals surface area contributed by atoms with Crippen LogP contribution in [-0.2, 0) is 0 Å². The predicted octanol–water partition coefficient (Wildman–Crippen LogP) is 4.17. The van der Waals surface area contributed by atoms with E-state index < -0.39 is 0 Å². The van der Waals surface area contributed by atoms with Crippen LogP contribution >= 0.6 is 11.6 Å². The molecule has 14 heavy (non-hydrogen) atoms. The largest absolute Gasteiger partial charge is 0.491 e. The third kappa shape index (κ3) is 1.88. The minimum Gasteiger partial charge on any atom is -0.491 e. The van der Waals surface area contributed by atoms with Crippen molar-refractivity contribution in [2.45, 2.75) is 33.6 Å². The van der Waals surface area contributed by atoms with Gasteiger partial charge in [0.25, 0.3) is 0 Å². The maximum Gasteiger partial charge on any atom is 0.141 e. The van der Waals surface area contributed by atoms with Crippen LogP contribution in [0.25, 0.3) is 0 Å². The molecule has 0 aromatic heterocycles. The average Bonchev–Trinajstić information content (AvgIpc) is 2.58. The Hall–Kier alpha value is -0.690. The normalized spacial score (nSPS) is 17.9. The summed E-state index contributed by atoms with van der Waals surface area (Å²) in [6, 6.07) is 4.15. The monoisotopic (exact) mass is 212 g/mol. The Bertz CT molecular complexity index is 320. The van der Waals surface area contributed by atoms with Crippen LogP contribution in [0.2, 0.25) is 5.02 Å². The lowest BCUT2D eigenvalue weighted by Gasteiger charge is -2.04. The highest BCUT2D eigenvalue weighted by Crippen LogP contribution is 2.40. The number of benzene rings is 1. The van der Waals surface area contributed by atoms with E-state index in [1.807, 2.05) is 26.8 Å². The molecule has 0 saturated carbocycles. The summed E-state index contributed by atoms with van der Waals surface area (Å²) < 4.78 is 5.49. The molecule has 0 amide bonds. The smallest absolute Gasteiger partial charge is 0.141 e. The molecule has 0 radical (unpaired) electrons. The second kappa shape index (κ2) is 4.70. The van der Waals surface area contributed by atoms with Crippen LogP contribution in [0.5, 0.6) is 5.75 Å². The van der Waals surface area contributed by atoms with Gasteiger partial charge in [0.05, 0.1) is 11.6 Å². The van der Waals surface area contributed by atoms with Crippen molar-refractivity contribution in [2.75, 3.05) is 6.61 Å². The van der Waals surface area contributed by atoms with Crippen molar-refractivity contribution in [1.29, 1.82) is 0 Å². The highest BCUT2D eigenvalue weighted by atomic mass is 35.5. The Balaban J connectivity index is 0.000000461. The van der Waals surface area contributed by atoms with Gasteiger partial charge in [-0.15, -0.1) is 0 Å². The van der Waals surface area contributed by atoms with Gasteiger partial charge in [0.1, 0.15) is 5.75 Å². The number of halogens is 1. The van der Waals surface area contributed by atoms with Crippen LogP contribution in [0, 0.1) is 6.92 Å². The molecule has 0 bridgehead atoms. The molecular weight excluding hydrogens is 196 g/mol. The lowest BCUT2D eigenvalue weighted by Crippen LogP contribution is -1.93. The van der Waals surface area contributed by atoms with E-state index in [2.05, 4.69) is 13.0 Å². The van der Waals surface area contributed by atoms with Crippen LogP contribution in [0.15, 0.2) is 12.1 Å². The van der Waals surface area contributed by atoms with Crippen LogP contribution < -0.4 is 4.74 Å². The van der Waals surface area contributed by atoms with Gasteiger partial charge in [-0.1, -0.05) is 44.5 Å². The molecule has 0 fully saturated rings. The first-order chi connectivity index (χ1) is 6.70. The molecule has 1 aromatic rings. The van der Waals surface area contributed by atoms with Crippen molar-refractivity contribution in [3.05, 3.63) is 28.3 Å². The molecule has 1 aliphatic rings. The lowest BCUT2D eigenvalue weighted by molar-refractivity contribution is 0.337. The molecule has 1 nitrogen and oxygen atoms in total. The molecule has 78 valence electrons. The van der Waals surface area contributed by atoms with Gasteiger partial charge in [-0.3, -0.25) is 0 Å². The Morgan fingerprint density at radius 3 is 2.64 bits per heavy atom. The zero-order chi connectivity index (χ0) is 10.7. The fourth-order valence-electron chi connectivity index (χ4n) is 1.50. The maximum atomic E-state index is 6.08. The zero-order valence-electron chi connectivity index (χ0n) is 9.23. The molecule has 1 heterocycles. The molecule has 2 heteroatoms. The summed E-state index contributed by atoms with van der Waals surface area (Å²) >= 11 is 6.08. The molecule has 0 saturated heterocycles. The Kier molecular flexibility index (Phi) is 3.82. The molecule has 0 aliphatic carbocycles. The number of fused-ring (bicyclic) bond motifs is 1. The minimum atomic E-state index is 0.484. The van der Waals surface area contributed by atoms with Gasteiger partial charge in [-0.25, -0.2) is 0 Å². The molecule has 0 N–H and O–H groups in total. The van der Waals surface area contributed by atoms with Crippen molar-refractivity contribution in [3.63, 3.8) is 0 Å². The van der Waals surface area contributed by atoms with Crippen molar-refractivity contribution >= 4 is 11.6 Å². The fourth-order valence-corrected chi connectivity index (χ4v) is 1.73. The summed E-state index contributed by atoms with van der Waals surface area (Å²) in [6.45, 7) is 8.91. The standard InChI is InChI=1S/C10H11ClO.C2H6/c1-6-3-4-8-7(2)5-12-10(8)9(6)11;1-2/h3-4,7H,5H2,1-2H3;1-2H3. The van der Waals surface area contributed by atoms with E-state index in [9.17, 15) is 0 Å². The molecule has 1 unspecified atom stereocenters. The Labute approximate surface area is 91.0 Å². The van der Waals surface area contributed by atoms with Crippen LogP contribution in [0.1, 0.15) is 37.8 Å². The SMILES string of the molecule is CC.Cc1ccc2c(c1Cl)OCC2C. The molecular formula is C12H17ClO. The van der Waals surface area contributed by atoms with E-state index >= 15 is 0 Å². The van der Waals surface area contributed by atoms with Crippen molar-refractivity contribution in [1.82, 2.24) is 0 Å². The molecule has 1 aliphatic heterocycles. The fraction of sp³-hybridized carbons (Fsp3) is 0.500. The Morgan fingerprint density at radius 2 is 2.00 bits per heavy atom. The summed E-state index contributed by atoms with van der Waals surface area (Å²) in [4.78, 5) is 0. The third-order valence-corrected chi connectivity index (χ3v) is 2.80. The molecule has 2 rings (SSSR count). The van der Waals surface area contributed by atoms with Gasteiger partial charge in [-0.05, 0) is 12.5 Å². The van der Waals surface area contributed by atoms with E-state index in [1.54, 1.807) is 0 Å². The summed E-state index contributed by atoms with van der Waals surface area (Å²) in [6.07, 6.45) is 0. The van der Waals surface area contributed by atoms with Crippen molar-refractivity contribution < 1.29 is 4.74 Å². The average molecular weight is 213 g/mol. The topological polar surface area (TPSA) is 9.23 Å². The first-order valence-electron chi connectivity index (χ1n) is 5.12. The van der Waals surface area contributed by atoms with Gasteiger partial charge >= 0.3 is 0 Å². The maximum absolute atomic E-state index is 6.08. The van der Waals surface area contributed by atoms with E-state index in [1.165, 1.54) is 5.56 Å². The number of ether oxygens (including phenoxy) is 1. The van der Waals surface area contributed by atoms with Gasteiger partial charge in [0.15, 0.2) is 0 Å². The second-order valence-electron chi connectivity index (χ2n) is 3.33. The van der Waals surface area contributed by atoms with Crippen molar-refractivity contribution in [2.24, 2.45) is 0 Å². The number of rotatable bonds is 0. The number of hydrogen-bond donors (Lipinski definition) is 0. The summed E-state index contributed by atoms with van der Waals surface area (Å²) in [5, 5.41) is 0.775. The zero-order valence-corrected chi connectivity index (χ0v) is 9.98. The lowest BCUT2D eigenvalue weighted by atomic mass is 10.0. The van der Waals surface area contributed by atoms with Gasteiger partial charge in [0.2, 0.25) is 0 Å². The van der Waals surface area contributed by atoms with Gasteiger partial charge in [0, 0.05) is 11.5 Å². The molecule has 1 atom stereocenters. The molecule has 1 aromatic carbocycles. The van der Waals surface area contributed by atoms with Crippen molar-refractivity contribution in [3.8, 4) is 5.75 Å². The first-order valence-corrected chi connectivity index (χ1v) is 5.49. The summed E-state index contributed by atoms with van der Waals surface area (Å²) in [7, 11) is 0. The van der Waals surface area contributed by atoms with E-state index in [4.69, 9.17) is 16.3 Å². The van der Waals surface area contributed by atoms with Gasteiger partial charge in [-0.2, -0.15) is 0 Å². The number of hydrogen-bond acceptors (Lipinski definition) is 1. The number of aryl methyl sites for hydroxylation is 1. The molecule has 0 spiro atoms. The Morgan fingerprint density at radius 1 is 1.36 bits per heavy atom. The van der Waals surface area contributed by atoms with E-state index in [-0.39, 0.29) is 0 Å². The summed E-state index contributed by atoms with van der Waals surface area (Å²) in [5.74, 6) is 1.38. The highest BCUT2D eigenvalue weighted by molar-refractivity contribution is 6.33. The predicted molar refractivity (Wildman–Crippen MR) is 61.4 cm³/mol. The quantitative estimate of drug-likeness (QED) is 0.627. The summed E-state index contributed by atoms with van der Waals surface area (Å²) in [5.41, 5.74) is 2.33. The van der Waals surface area contributed by atoms with Crippen LogP contribution in [-0.4, -0.2) is 6.61 Å². The van der Waals surface area contributed by atoms with Gasteiger partial charge < -0.3 is 4.74 Å². The van der Waals surface area contributed by atoms with Crippen LogP contribution in [0.3, 0.4) is 0 Å². The van der Waals surface area contributed by atoms with E-state index in [0.717, 1.165) is 22.9 Å². The minimum absolute atomic E-state index is 0.484.